The summed E-state index contributed by atoms with van der Waals surface area (Å²) in [7, 11) is 1.14. The number of halogens is 1. The van der Waals surface area contributed by atoms with Crippen LogP contribution in [0, 0.1) is 0 Å². The van der Waals surface area contributed by atoms with Gasteiger partial charge in [-0.05, 0) is 18.2 Å². The first-order valence-corrected chi connectivity index (χ1v) is 6.48. The van der Waals surface area contributed by atoms with Crippen molar-refractivity contribution < 1.29 is 5.02 Å². The molecule has 4 heteroatoms. The van der Waals surface area contributed by atoms with Crippen molar-refractivity contribution >= 4 is 60.4 Å². The average Bonchev–Trinajstić information content (AvgIpc) is 2.64. The van der Waals surface area contributed by atoms with Crippen molar-refractivity contribution in [2.45, 2.75) is 0 Å². The minimum atomic E-state index is 0.845. The van der Waals surface area contributed by atoms with Gasteiger partial charge < -0.3 is 5.02 Å². The molecule has 1 aromatic heterocycles. The maximum atomic E-state index is 8.99. The van der Waals surface area contributed by atoms with Gasteiger partial charge in [0.15, 0.2) is 0 Å². The fourth-order valence-electron chi connectivity index (χ4n) is 1.85. The summed E-state index contributed by atoms with van der Waals surface area (Å²) in [6.45, 7) is 0. The lowest BCUT2D eigenvalue weighted by molar-refractivity contribution is 0.615. The highest BCUT2D eigenvalue weighted by Gasteiger charge is 2.06. The summed E-state index contributed by atoms with van der Waals surface area (Å²) in [5, 5.41) is 11.5. The van der Waals surface area contributed by atoms with Crippen molar-refractivity contribution in [2.24, 2.45) is 0 Å². The Morgan fingerprint density at radius 1 is 1.00 bits per heavy atom. The number of benzene rings is 2. The molecule has 0 aliphatic heterocycles. The van der Waals surface area contributed by atoms with Crippen LogP contribution in [-0.2, 0) is 0 Å². The van der Waals surface area contributed by atoms with E-state index in [-0.39, 0.29) is 0 Å². The molecule has 2 aromatic carbocycles. The molecule has 1 radical (unpaired) electrons. The lowest BCUT2D eigenvalue weighted by atomic mass is 9.88. The summed E-state index contributed by atoms with van der Waals surface area (Å²) in [6, 6.07) is 12.3. The van der Waals surface area contributed by atoms with Gasteiger partial charge in [0.1, 0.15) is 0 Å². The molecule has 1 N–H and O–H groups in total. The van der Waals surface area contributed by atoms with Crippen molar-refractivity contribution in [3.05, 3.63) is 40.9 Å². The van der Waals surface area contributed by atoms with Crippen LogP contribution in [-0.4, -0.2) is 12.5 Å². The Balaban J connectivity index is 2.40. The molecule has 0 aliphatic rings. The summed E-state index contributed by atoms with van der Waals surface area (Å²) in [5.74, 6) is 0. The zero-order valence-electron chi connectivity index (χ0n) is 8.27. The van der Waals surface area contributed by atoms with Crippen LogP contribution in [0.3, 0.4) is 0 Å². The second-order valence-electron chi connectivity index (χ2n) is 3.63. The van der Waals surface area contributed by atoms with E-state index in [1.807, 2.05) is 12.1 Å². The van der Waals surface area contributed by atoms with Crippen LogP contribution in [0.5, 0.6) is 0 Å². The molecule has 0 saturated carbocycles. The minimum Gasteiger partial charge on any atom is -0.450 e. The van der Waals surface area contributed by atoms with Gasteiger partial charge in [0.2, 0.25) is 0 Å². The molecule has 0 atom stereocenters. The summed E-state index contributed by atoms with van der Waals surface area (Å²) >= 11 is 5.22. The van der Waals surface area contributed by atoms with Crippen LogP contribution >= 0.6 is 27.3 Å². The topological polar surface area (TPSA) is 20.2 Å². The highest BCUT2D eigenvalue weighted by Crippen LogP contribution is 2.34. The molecule has 0 bridgehead atoms. The Morgan fingerprint density at radius 3 is 2.44 bits per heavy atom. The highest BCUT2D eigenvalue weighted by molar-refractivity contribution is 9.10. The van der Waals surface area contributed by atoms with Crippen LogP contribution in [0.1, 0.15) is 0 Å². The van der Waals surface area contributed by atoms with Crippen molar-refractivity contribution in [3.8, 4) is 0 Å². The van der Waals surface area contributed by atoms with Gasteiger partial charge in [-0.15, -0.1) is 11.3 Å². The summed E-state index contributed by atoms with van der Waals surface area (Å²) in [5.41, 5.74) is 0.845. The molecule has 0 unspecified atom stereocenters. The van der Waals surface area contributed by atoms with E-state index >= 15 is 0 Å². The number of thiophene rings is 1. The standard InChI is InChI=1S/C12H7BBrOS/c14-8-2-4-10-9-3-1-7(13-15)5-11(9)16-12(10)6-8/h1-6,15H. The maximum Gasteiger partial charge on any atom is 0.326 e. The summed E-state index contributed by atoms with van der Waals surface area (Å²) < 4.78 is 3.57. The lowest BCUT2D eigenvalue weighted by Gasteiger charge is -1.94. The van der Waals surface area contributed by atoms with Gasteiger partial charge in [0.25, 0.3) is 0 Å². The maximum absolute atomic E-state index is 8.99. The monoisotopic (exact) mass is 289 g/mol. The lowest BCUT2D eigenvalue weighted by Crippen LogP contribution is -2.11. The second-order valence-corrected chi connectivity index (χ2v) is 5.63. The van der Waals surface area contributed by atoms with E-state index in [1.54, 1.807) is 11.3 Å². The normalized spacial score (nSPS) is 11.1. The predicted molar refractivity (Wildman–Crippen MR) is 74.6 cm³/mol. The van der Waals surface area contributed by atoms with E-state index in [1.165, 1.54) is 20.2 Å². The van der Waals surface area contributed by atoms with Crippen LogP contribution in [0.15, 0.2) is 40.9 Å². The smallest absolute Gasteiger partial charge is 0.326 e. The largest absolute Gasteiger partial charge is 0.450 e. The minimum absolute atomic E-state index is 0.845. The number of fused-ring (bicyclic) bond motifs is 3. The van der Waals surface area contributed by atoms with Gasteiger partial charge >= 0.3 is 7.48 Å². The highest BCUT2D eigenvalue weighted by atomic mass is 79.9. The molecule has 16 heavy (non-hydrogen) atoms. The Labute approximate surface area is 106 Å². The summed E-state index contributed by atoms with van der Waals surface area (Å²) in [4.78, 5) is 0. The molecule has 3 aromatic rings. The SMILES string of the molecule is O[B]c1ccc2c(c1)sc1cc(Br)ccc12. The predicted octanol–water partition coefficient (Wildman–Crippen LogP) is 3.05. The van der Waals surface area contributed by atoms with Gasteiger partial charge in [0.05, 0.1) is 0 Å². The van der Waals surface area contributed by atoms with Gasteiger partial charge in [0, 0.05) is 24.6 Å². The van der Waals surface area contributed by atoms with Gasteiger partial charge in [-0.3, -0.25) is 0 Å². The molecule has 1 heterocycles. The second kappa shape index (κ2) is 3.88. The molecule has 0 aliphatic carbocycles. The van der Waals surface area contributed by atoms with Gasteiger partial charge in [-0.1, -0.05) is 39.6 Å². The Hall–Kier alpha value is -0.835. The third kappa shape index (κ3) is 1.58. The average molecular weight is 290 g/mol. The van der Waals surface area contributed by atoms with Crippen LogP contribution in [0.2, 0.25) is 0 Å². The fraction of sp³-hybridized carbons (Fsp3) is 0. The molecule has 0 amide bonds. The van der Waals surface area contributed by atoms with Crippen LogP contribution in [0.25, 0.3) is 20.2 Å². The van der Waals surface area contributed by atoms with E-state index in [0.717, 1.165) is 17.4 Å². The molecule has 0 fully saturated rings. The van der Waals surface area contributed by atoms with E-state index < -0.39 is 0 Å². The Kier molecular flexibility index (Phi) is 2.50. The third-order valence-corrected chi connectivity index (χ3v) is 4.22. The number of hydrogen-bond donors (Lipinski definition) is 1. The quantitative estimate of drug-likeness (QED) is 0.683. The zero-order valence-corrected chi connectivity index (χ0v) is 10.7. The molecule has 3 rings (SSSR count). The van der Waals surface area contributed by atoms with Crippen LogP contribution < -0.4 is 5.46 Å². The molecule has 0 saturated heterocycles. The molecule has 0 spiro atoms. The van der Waals surface area contributed by atoms with Crippen molar-refractivity contribution in [3.63, 3.8) is 0 Å². The Bertz CT molecular complexity index is 677. The van der Waals surface area contributed by atoms with Crippen molar-refractivity contribution in [1.82, 2.24) is 0 Å². The number of hydrogen-bond acceptors (Lipinski definition) is 2. The molecule has 77 valence electrons. The van der Waals surface area contributed by atoms with Crippen molar-refractivity contribution in [1.29, 1.82) is 0 Å². The van der Waals surface area contributed by atoms with Crippen LogP contribution in [0.4, 0.5) is 0 Å². The first-order chi connectivity index (χ1) is 7.78. The fourth-order valence-corrected chi connectivity index (χ4v) is 3.55. The zero-order chi connectivity index (χ0) is 11.1. The molecular weight excluding hydrogens is 283 g/mol. The van der Waals surface area contributed by atoms with Crippen molar-refractivity contribution in [2.75, 3.05) is 0 Å². The van der Waals surface area contributed by atoms with Gasteiger partial charge in [-0.25, -0.2) is 0 Å². The first-order valence-electron chi connectivity index (χ1n) is 4.87. The Morgan fingerprint density at radius 2 is 1.69 bits per heavy atom. The number of rotatable bonds is 1. The van der Waals surface area contributed by atoms with E-state index in [2.05, 4.69) is 40.2 Å². The molecular formula is C12H7BBrOS. The summed E-state index contributed by atoms with van der Waals surface area (Å²) in [6.07, 6.45) is 0. The first kappa shape index (κ1) is 10.3. The van der Waals surface area contributed by atoms with E-state index in [0.29, 0.717) is 0 Å². The van der Waals surface area contributed by atoms with Gasteiger partial charge in [-0.2, -0.15) is 0 Å². The van der Waals surface area contributed by atoms with E-state index in [9.17, 15) is 0 Å². The third-order valence-electron chi connectivity index (χ3n) is 2.61. The van der Waals surface area contributed by atoms with E-state index in [4.69, 9.17) is 5.02 Å². The molecule has 1 nitrogen and oxygen atoms in total.